The predicted octanol–water partition coefficient (Wildman–Crippen LogP) is 5.35. The first kappa shape index (κ1) is 28.5. The summed E-state index contributed by atoms with van der Waals surface area (Å²) in [5.41, 5.74) is 0.917. The Morgan fingerprint density at radius 2 is 1.77 bits per heavy atom. The predicted molar refractivity (Wildman–Crippen MR) is 159 cm³/mol. The summed E-state index contributed by atoms with van der Waals surface area (Å²) in [5, 5.41) is 11.8. The first-order valence-electron chi connectivity index (χ1n) is 13.7. The Labute approximate surface area is 248 Å². The lowest BCUT2D eigenvalue weighted by Crippen LogP contribution is -2.42. The van der Waals surface area contributed by atoms with Crippen molar-refractivity contribution in [3.63, 3.8) is 0 Å². The van der Waals surface area contributed by atoms with Gasteiger partial charge in [-0.05, 0) is 67.9 Å². The van der Waals surface area contributed by atoms with E-state index in [1.807, 2.05) is 13.1 Å². The summed E-state index contributed by atoms with van der Waals surface area (Å²) in [5.74, 6) is -1.55. The van der Waals surface area contributed by atoms with Crippen LogP contribution in [0.1, 0.15) is 35.8 Å². The molecule has 0 spiro atoms. The van der Waals surface area contributed by atoms with Crippen LogP contribution in [-0.4, -0.2) is 34.9 Å². The van der Waals surface area contributed by atoms with E-state index in [9.17, 15) is 18.8 Å². The van der Waals surface area contributed by atoms with Crippen LogP contribution in [0.15, 0.2) is 89.0 Å². The molecular weight excluding hydrogens is 570 g/mol. The van der Waals surface area contributed by atoms with E-state index in [-0.39, 0.29) is 29.5 Å². The van der Waals surface area contributed by atoms with Crippen molar-refractivity contribution >= 4 is 16.7 Å². The molecule has 0 saturated heterocycles. The minimum absolute atomic E-state index is 0.0683. The lowest BCUT2D eigenvalue weighted by Gasteiger charge is -2.15. The minimum atomic E-state index is -0.846. The van der Waals surface area contributed by atoms with Crippen molar-refractivity contribution in [1.29, 1.82) is 0 Å². The van der Waals surface area contributed by atoms with Crippen LogP contribution in [0, 0.1) is 11.6 Å². The van der Waals surface area contributed by atoms with Crippen LogP contribution >= 0.6 is 0 Å². The van der Waals surface area contributed by atoms with E-state index in [2.05, 4.69) is 15.3 Å². The molecule has 0 fully saturated rings. The van der Waals surface area contributed by atoms with Crippen LogP contribution in [-0.2, 0) is 13.5 Å². The van der Waals surface area contributed by atoms with Crippen LogP contribution in [0.3, 0.4) is 0 Å². The highest BCUT2D eigenvalue weighted by molar-refractivity contribution is 5.97. The molecule has 0 atom stereocenters. The number of H-pyrrole nitrogens is 1. The number of rotatable bonds is 8. The smallest absolute Gasteiger partial charge is 0.335 e. The maximum atomic E-state index is 15.4. The third kappa shape index (κ3) is 5.21. The van der Waals surface area contributed by atoms with Crippen LogP contribution < -0.4 is 16.0 Å². The number of hydrogen-bond donors (Lipinski definition) is 1. The van der Waals surface area contributed by atoms with Crippen molar-refractivity contribution in [1.82, 2.24) is 29.1 Å². The molecule has 1 N–H and O–H groups in total. The van der Waals surface area contributed by atoms with Gasteiger partial charge in [-0.25, -0.2) is 18.1 Å². The molecule has 12 heteroatoms. The van der Waals surface area contributed by atoms with Crippen molar-refractivity contribution in [3.8, 4) is 28.3 Å². The number of Topliss-reactive ketones (excluding diaryl/α,β-unsaturated/α-hetero) is 1. The van der Waals surface area contributed by atoms with Crippen molar-refractivity contribution in [2.24, 2.45) is 7.05 Å². The van der Waals surface area contributed by atoms with Gasteiger partial charge in [0, 0.05) is 48.4 Å². The average Bonchev–Trinajstić information content (AvgIpc) is 3.65. The molecule has 0 saturated carbocycles. The van der Waals surface area contributed by atoms with E-state index >= 15 is 4.39 Å². The second-order valence-corrected chi connectivity index (χ2v) is 10.6. The monoisotopic (exact) mass is 596 g/mol. The summed E-state index contributed by atoms with van der Waals surface area (Å²) in [6, 6.07) is 12.2. The summed E-state index contributed by atoms with van der Waals surface area (Å²) in [4.78, 5) is 39.8. The first-order valence-corrected chi connectivity index (χ1v) is 13.7. The van der Waals surface area contributed by atoms with E-state index in [1.54, 1.807) is 43.2 Å². The average molecular weight is 597 g/mol. The normalized spacial score (nSPS) is 11.4. The lowest BCUT2D eigenvalue weighted by molar-refractivity contribution is 0.0990. The summed E-state index contributed by atoms with van der Waals surface area (Å²) < 4.78 is 38.7. The third-order valence-corrected chi connectivity index (χ3v) is 7.29. The van der Waals surface area contributed by atoms with Crippen molar-refractivity contribution in [2.45, 2.75) is 26.3 Å². The number of fused-ring (bicyclic) bond motifs is 1. The maximum absolute atomic E-state index is 15.4. The standard InChI is InChI=1S/C32H26F2N6O4/c1-18(2)39-17-25(31(42)40(32(39)43)23-7-5-22(33)6-8-23)28(41)11-19-4-9-29(26(34)10-19)44-30-12-20-16-37-38(3)27(20)13-24(30)21-14-35-36-15-21/h4-10,12-18H,11H2,1-3H3,(H,35,36). The molecule has 0 aliphatic heterocycles. The molecule has 3 heterocycles. The number of carbonyl (C=O) groups excluding carboxylic acids is 1. The van der Waals surface area contributed by atoms with Gasteiger partial charge >= 0.3 is 5.69 Å². The number of aromatic nitrogens is 6. The number of halogens is 2. The molecule has 0 aliphatic carbocycles. The Bertz CT molecular complexity index is 2150. The summed E-state index contributed by atoms with van der Waals surface area (Å²) in [6.07, 6.45) is 5.91. The quantitative estimate of drug-likeness (QED) is 0.237. The van der Waals surface area contributed by atoms with Gasteiger partial charge in [0.1, 0.15) is 17.1 Å². The van der Waals surface area contributed by atoms with Crippen LogP contribution in [0.5, 0.6) is 11.5 Å². The highest BCUT2D eigenvalue weighted by Gasteiger charge is 2.21. The molecule has 0 aliphatic rings. The Balaban J connectivity index is 1.32. The van der Waals surface area contributed by atoms with Crippen molar-refractivity contribution in [3.05, 3.63) is 123 Å². The fourth-order valence-electron chi connectivity index (χ4n) is 4.97. The topological polar surface area (TPSA) is 117 Å². The molecule has 0 unspecified atom stereocenters. The summed E-state index contributed by atoms with van der Waals surface area (Å²) >= 11 is 0. The molecule has 3 aromatic heterocycles. The molecular formula is C32H26F2N6O4. The van der Waals surface area contributed by atoms with Gasteiger partial charge in [0.25, 0.3) is 5.56 Å². The SMILES string of the molecule is CC(C)n1cc(C(=O)Cc2ccc(Oc3cc4cnn(C)c4cc3-c3cn[nH]c3)c(F)c2)c(=O)n(-c2ccc(F)cc2)c1=O. The number of carbonyl (C=O) groups is 1. The van der Waals surface area contributed by atoms with Gasteiger partial charge in [-0.3, -0.25) is 23.9 Å². The first-order chi connectivity index (χ1) is 21.1. The Kier molecular flexibility index (Phi) is 7.25. The number of nitrogens with zero attached hydrogens (tertiary/aromatic N) is 5. The zero-order valence-electron chi connectivity index (χ0n) is 23.9. The van der Waals surface area contributed by atoms with Crippen molar-refractivity contribution < 1.29 is 18.3 Å². The molecule has 6 aromatic rings. The van der Waals surface area contributed by atoms with Gasteiger partial charge in [0.2, 0.25) is 0 Å². The molecule has 10 nitrogen and oxygen atoms in total. The van der Waals surface area contributed by atoms with E-state index < -0.39 is 28.7 Å². The molecule has 3 aromatic carbocycles. The van der Waals surface area contributed by atoms with Crippen LogP contribution in [0.4, 0.5) is 8.78 Å². The molecule has 0 radical (unpaired) electrons. The molecule has 6 rings (SSSR count). The Morgan fingerprint density at radius 1 is 1.00 bits per heavy atom. The molecule has 222 valence electrons. The number of aromatic amines is 1. The fraction of sp³-hybridized carbons (Fsp3) is 0.156. The summed E-state index contributed by atoms with van der Waals surface area (Å²) in [7, 11) is 1.82. The molecule has 0 amide bonds. The molecule has 0 bridgehead atoms. The van der Waals surface area contributed by atoms with Gasteiger partial charge in [-0.2, -0.15) is 10.2 Å². The number of benzene rings is 3. The number of hydrogen-bond acceptors (Lipinski definition) is 6. The maximum Gasteiger partial charge on any atom is 0.335 e. The van der Waals surface area contributed by atoms with Crippen LogP contribution in [0.25, 0.3) is 27.7 Å². The van der Waals surface area contributed by atoms with Gasteiger partial charge in [0.15, 0.2) is 17.3 Å². The van der Waals surface area contributed by atoms with E-state index in [0.29, 0.717) is 16.9 Å². The lowest BCUT2D eigenvalue weighted by atomic mass is 10.0. The van der Waals surface area contributed by atoms with Gasteiger partial charge in [-0.1, -0.05) is 6.07 Å². The summed E-state index contributed by atoms with van der Waals surface area (Å²) in [6.45, 7) is 3.46. The number of ether oxygens (including phenoxy) is 1. The highest BCUT2D eigenvalue weighted by atomic mass is 19.1. The number of nitrogens with one attached hydrogen (secondary N) is 1. The highest BCUT2D eigenvalue weighted by Crippen LogP contribution is 2.37. The van der Waals surface area contributed by atoms with E-state index in [0.717, 1.165) is 33.2 Å². The Morgan fingerprint density at radius 3 is 2.45 bits per heavy atom. The number of ketones is 1. The fourth-order valence-corrected chi connectivity index (χ4v) is 4.97. The largest absolute Gasteiger partial charge is 0.454 e. The zero-order valence-corrected chi connectivity index (χ0v) is 23.9. The third-order valence-electron chi connectivity index (χ3n) is 7.29. The van der Waals surface area contributed by atoms with E-state index in [4.69, 9.17) is 4.74 Å². The Hall–Kier alpha value is -5.65. The van der Waals surface area contributed by atoms with Crippen LogP contribution in [0.2, 0.25) is 0 Å². The van der Waals surface area contributed by atoms with Gasteiger partial charge < -0.3 is 4.74 Å². The number of aryl methyl sites for hydroxylation is 1. The molecule has 44 heavy (non-hydrogen) atoms. The van der Waals surface area contributed by atoms with Gasteiger partial charge in [0.05, 0.1) is 23.6 Å². The van der Waals surface area contributed by atoms with E-state index in [1.165, 1.54) is 41.1 Å². The van der Waals surface area contributed by atoms with Crippen molar-refractivity contribution in [2.75, 3.05) is 0 Å². The minimum Gasteiger partial charge on any atom is -0.454 e. The second-order valence-electron chi connectivity index (χ2n) is 10.6. The van der Waals surface area contributed by atoms with Gasteiger partial charge in [-0.15, -0.1) is 0 Å². The zero-order chi connectivity index (χ0) is 31.1. The second kappa shape index (κ2) is 11.2.